The van der Waals surface area contributed by atoms with Crippen molar-refractivity contribution in [1.29, 1.82) is 0 Å². The molecule has 0 unspecified atom stereocenters. The molecule has 1 N–H and O–H groups in total. The average molecular weight is 497 g/mol. The second-order valence-electron chi connectivity index (χ2n) is 7.71. The van der Waals surface area contributed by atoms with E-state index in [4.69, 9.17) is 9.57 Å². The first-order chi connectivity index (χ1) is 16.8. The Bertz CT molecular complexity index is 1070. The number of nitrogens with zero attached hydrogens (tertiary/aromatic N) is 6. The molecule has 15 heteroatoms. The van der Waals surface area contributed by atoms with Crippen molar-refractivity contribution in [2.75, 3.05) is 49.1 Å². The summed E-state index contributed by atoms with van der Waals surface area (Å²) in [6.07, 6.45) is -1.79. The Balaban J connectivity index is 1.35. The first kappa shape index (κ1) is 24.3. The highest BCUT2D eigenvalue weighted by atomic mass is 19.3. The highest BCUT2D eigenvalue weighted by molar-refractivity contribution is 5.90. The van der Waals surface area contributed by atoms with E-state index in [9.17, 15) is 27.6 Å². The number of rotatable bonds is 7. The van der Waals surface area contributed by atoms with Gasteiger partial charge in [-0.05, 0) is 18.2 Å². The Morgan fingerprint density at radius 2 is 2.06 bits per heavy atom. The summed E-state index contributed by atoms with van der Waals surface area (Å²) in [4.78, 5) is 44.0. The number of hydroxylamine groups is 2. The number of carbonyl (C=O) groups excluding carboxylic acids is 3. The highest BCUT2D eigenvalue weighted by Crippen LogP contribution is 2.28. The maximum absolute atomic E-state index is 15.0. The number of aromatic nitrogens is 3. The fraction of sp³-hybridized carbons (Fsp3) is 0.450. The van der Waals surface area contributed by atoms with E-state index in [1.54, 1.807) is 11.1 Å². The standard InChI is InChI=1S/C20H22F3N7O5/c21-15-9-13(29-11-14(35-20(29)33)10-24-19(32)18(22)23)1-2-16(15)27-5-6-30(34-8-7-27)17(31)12-28-4-3-25-26-28/h1-4,9,14,18H,5-8,10-12H2,(H,24,32)/t14-/m0/s1. The van der Waals surface area contributed by atoms with Crippen LogP contribution < -0.4 is 15.1 Å². The van der Waals surface area contributed by atoms with Crippen LogP contribution in [0.25, 0.3) is 0 Å². The van der Waals surface area contributed by atoms with Crippen LogP contribution in [0, 0.1) is 5.82 Å². The van der Waals surface area contributed by atoms with Crippen LogP contribution in [-0.4, -0.2) is 89.8 Å². The van der Waals surface area contributed by atoms with Crippen molar-refractivity contribution in [2.24, 2.45) is 0 Å². The lowest BCUT2D eigenvalue weighted by Gasteiger charge is -2.24. The molecule has 0 aliphatic carbocycles. The van der Waals surface area contributed by atoms with Gasteiger partial charge in [0, 0.05) is 19.3 Å². The molecule has 3 amide bonds. The van der Waals surface area contributed by atoms with E-state index < -0.39 is 30.3 Å². The van der Waals surface area contributed by atoms with Crippen LogP contribution in [0.5, 0.6) is 0 Å². The third kappa shape index (κ3) is 5.79. The second kappa shape index (κ2) is 10.6. The molecule has 0 radical (unpaired) electrons. The molecule has 2 aromatic rings. The van der Waals surface area contributed by atoms with Crippen LogP contribution in [0.4, 0.5) is 29.3 Å². The number of cyclic esters (lactones) is 1. The molecule has 1 atom stereocenters. The number of carbonyl (C=O) groups is 3. The normalized spacial score (nSPS) is 18.6. The zero-order valence-electron chi connectivity index (χ0n) is 18.3. The van der Waals surface area contributed by atoms with Crippen molar-refractivity contribution in [3.63, 3.8) is 0 Å². The summed E-state index contributed by atoms with van der Waals surface area (Å²) in [6, 6.07) is 4.19. The van der Waals surface area contributed by atoms with Crippen molar-refractivity contribution in [3.05, 3.63) is 36.4 Å². The van der Waals surface area contributed by atoms with Gasteiger partial charge in [-0.1, -0.05) is 5.21 Å². The fourth-order valence-corrected chi connectivity index (χ4v) is 3.67. The quantitative estimate of drug-likeness (QED) is 0.584. The minimum atomic E-state index is -3.17. The van der Waals surface area contributed by atoms with Crippen molar-refractivity contribution in [2.45, 2.75) is 19.1 Å². The topological polar surface area (TPSA) is 122 Å². The fourth-order valence-electron chi connectivity index (χ4n) is 3.67. The summed E-state index contributed by atoms with van der Waals surface area (Å²) in [5.41, 5.74) is 0.478. The molecular formula is C20H22F3N7O5. The molecule has 0 saturated carbocycles. The zero-order chi connectivity index (χ0) is 24.9. The monoisotopic (exact) mass is 497 g/mol. The van der Waals surface area contributed by atoms with E-state index in [2.05, 4.69) is 10.3 Å². The van der Waals surface area contributed by atoms with Gasteiger partial charge in [0.1, 0.15) is 18.5 Å². The number of benzene rings is 1. The highest BCUT2D eigenvalue weighted by Gasteiger charge is 2.33. The summed E-state index contributed by atoms with van der Waals surface area (Å²) < 4.78 is 46.0. The molecule has 2 fully saturated rings. The number of nitrogens with one attached hydrogen (secondary N) is 1. The molecule has 0 bridgehead atoms. The van der Waals surface area contributed by atoms with Gasteiger partial charge in [0.05, 0.1) is 43.8 Å². The molecule has 1 aromatic heterocycles. The molecule has 188 valence electrons. The zero-order valence-corrected chi connectivity index (χ0v) is 18.3. The second-order valence-corrected chi connectivity index (χ2v) is 7.71. The molecular weight excluding hydrogens is 475 g/mol. The van der Waals surface area contributed by atoms with E-state index in [0.29, 0.717) is 13.1 Å². The Labute approximate surface area is 197 Å². The third-order valence-electron chi connectivity index (χ3n) is 5.39. The Hall–Kier alpha value is -3.88. The van der Waals surface area contributed by atoms with Gasteiger partial charge in [0.2, 0.25) is 0 Å². The third-order valence-corrected chi connectivity index (χ3v) is 5.39. The number of amides is 3. The average Bonchev–Trinajstić information content (AvgIpc) is 3.39. The number of anilines is 2. The number of ether oxygens (including phenoxy) is 1. The summed E-state index contributed by atoms with van der Waals surface area (Å²) >= 11 is 0. The molecule has 0 spiro atoms. The summed E-state index contributed by atoms with van der Waals surface area (Å²) in [5.74, 6) is -2.39. The summed E-state index contributed by atoms with van der Waals surface area (Å²) in [5, 5.41) is 10.6. The Kier molecular flexibility index (Phi) is 7.33. The minimum absolute atomic E-state index is 0.0399. The molecule has 2 aliphatic heterocycles. The maximum atomic E-state index is 15.0. The van der Waals surface area contributed by atoms with Crippen LogP contribution in [0.3, 0.4) is 0 Å². The smallest absolute Gasteiger partial charge is 0.414 e. The van der Waals surface area contributed by atoms with E-state index in [1.807, 2.05) is 5.32 Å². The molecule has 12 nitrogen and oxygen atoms in total. The van der Waals surface area contributed by atoms with Crippen molar-refractivity contribution < 1.29 is 37.1 Å². The lowest BCUT2D eigenvalue weighted by molar-refractivity contribution is -0.182. The first-order valence-corrected chi connectivity index (χ1v) is 10.7. The van der Waals surface area contributed by atoms with Gasteiger partial charge in [0.15, 0.2) is 0 Å². The maximum Gasteiger partial charge on any atom is 0.414 e. The van der Waals surface area contributed by atoms with Gasteiger partial charge in [-0.15, -0.1) is 5.10 Å². The number of hydrogen-bond donors (Lipinski definition) is 1. The van der Waals surface area contributed by atoms with Gasteiger partial charge in [-0.2, -0.15) is 8.78 Å². The minimum Gasteiger partial charge on any atom is -0.442 e. The lowest BCUT2D eigenvalue weighted by Crippen LogP contribution is -2.37. The van der Waals surface area contributed by atoms with E-state index in [-0.39, 0.29) is 50.1 Å². The van der Waals surface area contributed by atoms with Crippen molar-refractivity contribution in [3.8, 4) is 0 Å². The Morgan fingerprint density at radius 1 is 1.23 bits per heavy atom. The number of hydrogen-bond acceptors (Lipinski definition) is 8. The van der Waals surface area contributed by atoms with Crippen LogP contribution in [-0.2, 0) is 25.7 Å². The first-order valence-electron chi connectivity index (χ1n) is 10.7. The summed E-state index contributed by atoms with van der Waals surface area (Å²) in [7, 11) is 0. The van der Waals surface area contributed by atoms with Gasteiger partial charge in [-0.3, -0.25) is 19.3 Å². The van der Waals surface area contributed by atoms with Gasteiger partial charge < -0.3 is 15.0 Å². The molecule has 3 heterocycles. The van der Waals surface area contributed by atoms with E-state index in [1.165, 1.54) is 28.1 Å². The largest absolute Gasteiger partial charge is 0.442 e. The van der Waals surface area contributed by atoms with Gasteiger partial charge in [0.25, 0.3) is 11.8 Å². The lowest BCUT2D eigenvalue weighted by atomic mass is 10.2. The van der Waals surface area contributed by atoms with Gasteiger partial charge in [-0.25, -0.2) is 18.9 Å². The van der Waals surface area contributed by atoms with Crippen molar-refractivity contribution in [1.82, 2.24) is 25.4 Å². The molecule has 2 saturated heterocycles. The van der Waals surface area contributed by atoms with Gasteiger partial charge >= 0.3 is 12.5 Å². The predicted octanol–water partition coefficient (Wildman–Crippen LogP) is 0.404. The predicted molar refractivity (Wildman–Crippen MR) is 113 cm³/mol. The van der Waals surface area contributed by atoms with E-state index >= 15 is 0 Å². The van der Waals surface area contributed by atoms with Crippen LogP contribution >= 0.6 is 0 Å². The molecule has 1 aromatic carbocycles. The van der Waals surface area contributed by atoms with Crippen LogP contribution in [0.1, 0.15) is 0 Å². The number of alkyl halides is 2. The SMILES string of the molecule is O=C(NC[C@H]1CN(c2ccc(N3CCON(C(=O)Cn4ccnn4)CC3)c(F)c2)C(=O)O1)C(F)F. The Morgan fingerprint density at radius 3 is 2.77 bits per heavy atom. The molecule has 35 heavy (non-hydrogen) atoms. The molecule has 4 rings (SSSR count). The molecule has 2 aliphatic rings. The number of halogens is 3. The summed E-state index contributed by atoms with van der Waals surface area (Å²) in [6.45, 7) is 0.598. The van der Waals surface area contributed by atoms with E-state index in [0.717, 1.165) is 11.0 Å². The van der Waals surface area contributed by atoms with Crippen LogP contribution in [0.15, 0.2) is 30.6 Å². The van der Waals surface area contributed by atoms with Crippen LogP contribution in [0.2, 0.25) is 0 Å². The van der Waals surface area contributed by atoms with Crippen molar-refractivity contribution >= 4 is 29.3 Å².